The van der Waals surface area contributed by atoms with Crippen LogP contribution in [0.4, 0.5) is 4.39 Å². The molecule has 0 heterocycles. The quantitative estimate of drug-likeness (QED) is 0.889. The first-order valence-corrected chi connectivity index (χ1v) is 5.32. The molecule has 6 heteroatoms. The van der Waals surface area contributed by atoms with Gasteiger partial charge in [0.2, 0.25) is 5.91 Å². The summed E-state index contributed by atoms with van der Waals surface area (Å²) in [5, 5.41) is 5.68. The van der Waals surface area contributed by atoms with E-state index < -0.39 is 11.9 Å². The number of benzene rings is 1. The van der Waals surface area contributed by atoms with Gasteiger partial charge in [-0.2, -0.15) is 0 Å². The van der Waals surface area contributed by atoms with E-state index in [2.05, 4.69) is 10.6 Å². The Hall–Kier alpha value is -0.840. The van der Waals surface area contributed by atoms with Gasteiger partial charge in [-0.05, 0) is 26.1 Å². The zero-order valence-corrected chi connectivity index (χ0v) is 11.2. The van der Waals surface area contributed by atoms with E-state index in [-0.39, 0.29) is 24.9 Å². The number of hydrogen-bond donors (Lipinski definition) is 2. The molecule has 0 aliphatic rings. The Morgan fingerprint density at radius 2 is 2.18 bits per heavy atom. The summed E-state index contributed by atoms with van der Waals surface area (Å²) in [6, 6.07) is 4.00. The lowest BCUT2D eigenvalue weighted by molar-refractivity contribution is -0.120. The van der Waals surface area contributed by atoms with E-state index in [9.17, 15) is 9.18 Å². The van der Waals surface area contributed by atoms with Crippen molar-refractivity contribution in [3.8, 4) is 0 Å². The van der Waals surface area contributed by atoms with Gasteiger partial charge in [-0.15, -0.1) is 12.4 Å². The molecule has 96 valence electrons. The van der Waals surface area contributed by atoms with Crippen molar-refractivity contribution in [3.05, 3.63) is 34.6 Å². The van der Waals surface area contributed by atoms with Crippen LogP contribution in [-0.2, 0) is 4.79 Å². The number of carbonyl (C=O) groups excluding carboxylic acids is 1. The lowest BCUT2D eigenvalue weighted by Crippen LogP contribution is -2.34. The van der Waals surface area contributed by atoms with E-state index in [1.165, 1.54) is 12.1 Å². The van der Waals surface area contributed by atoms with Crippen molar-refractivity contribution >= 4 is 29.9 Å². The van der Waals surface area contributed by atoms with Crippen LogP contribution in [0.5, 0.6) is 0 Å². The summed E-state index contributed by atoms with van der Waals surface area (Å²) in [5.41, 5.74) is 0.314. The van der Waals surface area contributed by atoms with E-state index >= 15 is 0 Å². The molecule has 1 atom stereocenters. The van der Waals surface area contributed by atoms with E-state index in [1.807, 2.05) is 0 Å². The van der Waals surface area contributed by atoms with E-state index in [0.29, 0.717) is 10.6 Å². The van der Waals surface area contributed by atoms with Gasteiger partial charge >= 0.3 is 0 Å². The second-order valence-corrected chi connectivity index (χ2v) is 3.86. The summed E-state index contributed by atoms with van der Waals surface area (Å²) >= 11 is 5.88. The Bertz CT molecular complexity index is 367. The highest BCUT2D eigenvalue weighted by atomic mass is 35.5. The number of nitrogens with one attached hydrogen (secondary N) is 2. The highest BCUT2D eigenvalue weighted by Crippen LogP contribution is 2.25. The van der Waals surface area contributed by atoms with Crippen LogP contribution in [0.2, 0.25) is 5.02 Å². The van der Waals surface area contributed by atoms with Crippen LogP contribution in [-0.4, -0.2) is 19.5 Å². The second-order valence-electron chi connectivity index (χ2n) is 3.45. The maximum atomic E-state index is 13.5. The number of rotatable bonds is 4. The van der Waals surface area contributed by atoms with Gasteiger partial charge in [-0.1, -0.05) is 17.7 Å². The summed E-state index contributed by atoms with van der Waals surface area (Å²) in [4.78, 5) is 11.3. The van der Waals surface area contributed by atoms with Gasteiger partial charge < -0.3 is 10.6 Å². The molecule has 17 heavy (non-hydrogen) atoms. The molecule has 0 spiro atoms. The Labute approximate surface area is 111 Å². The SMILES string of the molecule is CNCC(=O)NC(C)c1c(F)cccc1Cl.Cl. The van der Waals surface area contributed by atoms with Crippen molar-refractivity contribution in [3.63, 3.8) is 0 Å². The molecule has 0 aliphatic carbocycles. The van der Waals surface area contributed by atoms with Crippen molar-refractivity contribution in [2.45, 2.75) is 13.0 Å². The number of amides is 1. The Morgan fingerprint density at radius 3 is 2.71 bits per heavy atom. The Balaban J connectivity index is 0.00000256. The van der Waals surface area contributed by atoms with Gasteiger partial charge in [0.1, 0.15) is 5.82 Å². The monoisotopic (exact) mass is 280 g/mol. The molecule has 1 aromatic rings. The number of hydrogen-bond acceptors (Lipinski definition) is 2. The van der Waals surface area contributed by atoms with Gasteiger partial charge in [0, 0.05) is 10.6 Å². The fourth-order valence-electron chi connectivity index (χ4n) is 1.45. The van der Waals surface area contributed by atoms with Crippen molar-refractivity contribution in [2.24, 2.45) is 0 Å². The Morgan fingerprint density at radius 1 is 1.53 bits per heavy atom. The first kappa shape index (κ1) is 16.2. The van der Waals surface area contributed by atoms with Gasteiger partial charge in [-0.25, -0.2) is 4.39 Å². The third-order valence-corrected chi connectivity index (χ3v) is 2.48. The summed E-state index contributed by atoms with van der Waals surface area (Å²) in [7, 11) is 1.67. The van der Waals surface area contributed by atoms with E-state index in [0.717, 1.165) is 0 Å². The van der Waals surface area contributed by atoms with Crippen molar-refractivity contribution < 1.29 is 9.18 Å². The molecule has 1 unspecified atom stereocenters. The van der Waals surface area contributed by atoms with Gasteiger partial charge in [-0.3, -0.25) is 4.79 Å². The third kappa shape index (κ3) is 4.50. The molecule has 1 rings (SSSR count). The first-order chi connectivity index (χ1) is 7.56. The molecule has 0 radical (unpaired) electrons. The first-order valence-electron chi connectivity index (χ1n) is 4.94. The molecule has 3 nitrogen and oxygen atoms in total. The molecule has 2 N–H and O–H groups in total. The van der Waals surface area contributed by atoms with Crippen molar-refractivity contribution in [1.82, 2.24) is 10.6 Å². The maximum Gasteiger partial charge on any atom is 0.234 e. The van der Waals surface area contributed by atoms with Gasteiger partial charge in [0.25, 0.3) is 0 Å². The fourth-order valence-corrected chi connectivity index (χ4v) is 1.78. The fraction of sp³-hybridized carbons (Fsp3) is 0.364. The Kier molecular flexibility index (Phi) is 7.11. The summed E-state index contributed by atoms with van der Waals surface area (Å²) in [5.74, 6) is -0.612. The summed E-state index contributed by atoms with van der Waals surface area (Å²) in [6.07, 6.45) is 0. The van der Waals surface area contributed by atoms with Crippen LogP contribution in [0.1, 0.15) is 18.5 Å². The maximum absolute atomic E-state index is 13.5. The molecule has 1 amide bonds. The standard InChI is InChI=1S/C11H14ClFN2O.ClH/c1-7(15-10(16)6-14-2)11-8(12)4-3-5-9(11)13;/h3-5,7,14H,6H2,1-2H3,(H,15,16);1H. The molecule has 0 bridgehead atoms. The lowest BCUT2D eigenvalue weighted by atomic mass is 10.1. The number of likely N-dealkylation sites (N-methyl/N-ethyl adjacent to an activating group) is 1. The second kappa shape index (κ2) is 7.48. The smallest absolute Gasteiger partial charge is 0.234 e. The molecule has 1 aromatic carbocycles. The minimum Gasteiger partial charge on any atom is -0.348 e. The molecule has 0 saturated heterocycles. The molecule has 0 aliphatic heterocycles. The van der Waals surface area contributed by atoms with Gasteiger partial charge in [0.15, 0.2) is 0 Å². The molecule has 0 aromatic heterocycles. The van der Waals surface area contributed by atoms with Gasteiger partial charge in [0.05, 0.1) is 12.6 Å². The third-order valence-electron chi connectivity index (χ3n) is 2.15. The zero-order chi connectivity index (χ0) is 12.1. The largest absolute Gasteiger partial charge is 0.348 e. The summed E-state index contributed by atoms with van der Waals surface area (Å²) in [6.45, 7) is 1.88. The van der Waals surface area contributed by atoms with Crippen LogP contribution in [0, 0.1) is 5.82 Å². The van der Waals surface area contributed by atoms with Crippen LogP contribution in [0.25, 0.3) is 0 Å². The normalized spacial score (nSPS) is 11.5. The van der Waals surface area contributed by atoms with Crippen molar-refractivity contribution in [1.29, 1.82) is 0 Å². The van der Waals surface area contributed by atoms with Crippen LogP contribution in [0.3, 0.4) is 0 Å². The van der Waals surface area contributed by atoms with Crippen molar-refractivity contribution in [2.75, 3.05) is 13.6 Å². The summed E-state index contributed by atoms with van der Waals surface area (Å²) < 4.78 is 13.5. The highest BCUT2D eigenvalue weighted by Gasteiger charge is 2.16. The number of halogens is 3. The minimum atomic E-state index is -0.449. The minimum absolute atomic E-state index is 0. The average molecular weight is 281 g/mol. The molecular weight excluding hydrogens is 266 g/mol. The molecular formula is C11H15Cl2FN2O. The topological polar surface area (TPSA) is 41.1 Å². The average Bonchev–Trinajstić information content (AvgIpc) is 2.17. The van der Waals surface area contributed by atoms with E-state index in [1.54, 1.807) is 20.0 Å². The molecule has 0 fully saturated rings. The number of carbonyl (C=O) groups is 1. The predicted molar refractivity (Wildman–Crippen MR) is 69.1 cm³/mol. The van der Waals surface area contributed by atoms with Crippen LogP contribution < -0.4 is 10.6 Å². The van der Waals surface area contributed by atoms with Crippen LogP contribution >= 0.6 is 24.0 Å². The zero-order valence-electron chi connectivity index (χ0n) is 9.59. The van der Waals surface area contributed by atoms with Crippen LogP contribution in [0.15, 0.2) is 18.2 Å². The predicted octanol–water partition coefficient (Wildman–Crippen LogP) is 2.30. The highest BCUT2D eigenvalue weighted by molar-refractivity contribution is 6.31. The molecule has 0 saturated carbocycles. The lowest BCUT2D eigenvalue weighted by Gasteiger charge is -2.16. The van der Waals surface area contributed by atoms with E-state index in [4.69, 9.17) is 11.6 Å².